The fraction of sp³-hybridized carbons (Fsp3) is 0.538. The minimum atomic E-state index is -0.617. The number of nitrogens with two attached hydrogens (primary N) is 2. The van der Waals surface area contributed by atoms with Gasteiger partial charge in [0.05, 0.1) is 16.1 Å². The number of anilines is 2. The zero-order chi connectivity index (χ0) is 15.4. The Bertz CT molecular complexity index is 511. The van der Waals surface area contributed by atoms with E-state index in [9.17, 15) is 9.59 Å². The van der Waals surface area contributed by atoms with Crippen molar-refractivity contribution in [3.05, 3.63) is 10.4 Å². The Kier molecular flexibility index (Phi) is 5.52. The number of rotatable bonds is 7. The average Bonchev–Trinajstić information content (AvgIpc) is 2.71. The van der Waals surface area contributed by atoms with E-state index in [0.29, 0.717) is 22.8 Å². The molecule has 1 aromatic rings. The zero-order valence-electron chi connectivity index (χ0n) is 12.3. The first-order valence-electron chi connectivity index (χ1n) is 6.45. The minimum absolute atomic E-state index is 0.0799. The van der Waals surface area contributed by atoms with Crippen molar-refractivity contribution >= 4 is 33.7 Å². The highest BCUT2D eigenvalue weighted by Crippen LogP contribution is 2.36. The summed E-state index contributed by atoms with van der Waals surface area (Å²) >= 11 is 1.20. The van der Waals surface area contributed by atoms with Crippen LogP contribution in [0.25, 0.3) is 0 Å². The molecule has 0 spiro atoms. The number of thiophene rings is 1. The number of hydrogen-bond donors (Lipinski definition) is 3. The number of nitrogens with zero attached hydrogens (tertiary/aromatic N) is 1. The van der Waals surface area contributed by atoms with Gasteiger partial charge in [0.1, 0.15) is 5.00 Å². The number of nitrogen functional groups attached to an aromatic ring is 1. The number of amides is 1. The van der Waals surface area contributed by atoms with Crippen LogP contribution in [0.2, 0.25) is 0 Å². The Balaban J connectivity index is 3.06. The number of carbonyl (C=O) groups is 2. The van der Waals surface area contributed by atoms with E-state index in [-0.39, 0.29) is 23.1 Å². The molecule has 6 nitrogen and oxygen atoms in total. The summed E-state index contributed by atoms with van der Waals surface area (Å²) in [6.07, 6.45) is 0.344. The van der Waals surface area contributed by atoms with Crippen molar-refractivity contribution in [3.63, 3.8) is 0 Å². The van der Waals surface area contributed by atoms with Crippen LogP contribution in [-0.4, -0.2) is 43.3 Å². The van der Waals surface area contributed by atoms with Gasteiger partial charge in [-0.15, -0.1) is 11.3 Å². The van der Waals surface area contributed by atoms with Crippen LogP contribution in [0.1, 0.15) is 40.3 Å². The van der Waals surface area contributed by atoms with E-state index in [4.69, 9.17) is 11.5 Å². The van der Waals surface area contributed by atoms with Gasteiger partial charge >= 0.3 is 0 Å². The topological polar surface area (TPSA) is 101 Å². The van der Waals surface area contributed by atoms with Crippen molar-refractivity contribution in [2.75, 3.05) is 31.7 Å². The molecule has 0 fully saturated rings. The molecule has 7 heteroatoms. The van der Waals surface area contributed by atoms with Gasteiger partial charge < -0.3 is 21.7 Å². The number of ketones is 1. The number of nitrogens with one attached hydrogen (secondary N) is 1. The Morgan fingerprint density at radius 2 is 2.00 bits per heavy atom. The molecular weight excluding hydrogens is 276 g/mol. The monoisotopic (exact) mass is 298 g/mol. The van der Waals surface area contributed by atoms with Crippen LogP contribution in [0.4, 0.5) is 10.7 Å². The molecule has 1 heterocycles. The Morgan fingerprint density at radius 1 is 1.40 bits per heavy atom. The SMILES string of the molecule is CCC(=O)c1sc(NCC(C)N(C)C)c(C(N)=O)c1N. The Labute approximate surface area is 123 Å². The third kappa shape index (κ3) is 3.49. The van der Waals surface area contributed by atoms with Crippen LogP contribution in [-0.2, 0) is 0 Å². The van der Waals surface area contributed by atoms with E-state index >= 15 is 0 Å². The second-order valence-corrected chi connectivity index (χ2v) is 5.90. The fourth-order valence-electron chi connectivity index (χ4n) is 1.60. The summed E-state index contributed by atoms with van der Waals surface area (Å²) in [5.41, 5.74) is 11.7. The molecule has 112 valence electrons. The predicted molar refractivity (Wildman–Crippen MR) is 83.5 cm³/mol. The normalized spacial score (nSPS) is 12.4. The number of hydrogen-bond acceptors (Lipinski definition) is 6. The van der Waals surface area contributed by atoms with Crippen molar-refractivity contribution < 1.29 is 9.59 Å². The molecule has 1 amide bonds. The molecule has 1 rings (SSSR count). The molecule has 0 aromatic carbocycles. The van der Waals surface area contributed by atoms with Crippen LogP contribution in [0.3, 0.4) is 0 Å². The van der Waals surface area contributed by atoms with Crippen LogP contribution in [0, 0.1) is 0 Å². The van der Waals surface area contributed by atoms with Crippen molar-refractivity contribution in [1.29, 1.82) is 0 Å². The summed E-state index contributed by atoms with van der Waals surface area (Å²) in [5.74, 6) is -0.697. The standard InChI is InChI=1S/C13H22N4O2S/c1-5-8(18)11-10(14)9(12(15)19)13(20-11)16-6-7(2)17(3)4/h7,16H,5-6,14H2,1-4H3,(H2,15,19). The van der Waals surface area contributed by atoms with Gasteiger partial charge in [0, 0.05) is 19.0 Å². The summed E-state index contributed by atoms with van der Waals surface area (Å²) in [4.78, 5) is 25.8. The van der Waals surface area contributed by atoms with Crippen LogP contribution < -0.4 is 16.8 Å². The van der Waals surface area contributed by atoms with Gasteiger partial charge in [-0.2, -0.15) is 0 Å². The highest BCUT2D eigenvalue weighted by Gasteiger charge is 2.23. The molecule has 0 radical (unpaired) electrons. The fourth-order valence-corrected chi connectivity index (χ4v) is 2.75. The van der Waals surface area contributed by atoms with Crippen molar-refractivity contribution in [2.24, 2.45) is 5.73 Å². The van der Waals surface area contributed by atoms with Crippen LogP contribution in [0.5, 0.6) is 0 Å². The van der Waals surface area contributed by atoms with E-state index < -0.39 is 5.91 Å². The lowest BCUT2D eigenvalue weighted by Crippen LogP contribution is -2.31. The molecule has 0 aliphatic heterocycles. The molecule has 0 aliphatic rings. The number of Topliss-reactive ketones (excluding diaryl/α,β-unsaturated/α-hetero) is 1. The summed E-state index contributed by atoms with van der Waals surface area (Å²) in [7, 11) is 3.94. The van der Waals surface area contributed by atoms with Gasteiger partial charge in [0.2, 0.25) is 0 Å². The van der Waals surface area contributed by atoms with Gasteiger partial charge in [-0.05, 0) is 21.0 Å². The number of carbonyl (C=O) groups excluding carboxylic acids is 2. The lowest BCUT2D eigenvalue weighted by Gasteiger charge is -2.20. The van der Waals surface area contributed by atoms with E-state index in [1.807, 2.05) is 25.9 Å². The van der Waals surface area contributed by atoms with Crippen molar-refractivity contribution in [1.82, 2.24) is 4.90 Å². The molecule has 5 N–H and O–H groups in total. The molecule has 20 heavy (non-hydrogen) atoms. The maximum absolute atomic E-state index is 11.8. The predicted octanol–water partition coefficient (Wildman–Crippen LogP) is 1.38. The molecule has 1 unspecified atom stereocenters. The quantitative estimate of drug-likeness (QED) is 0.660. The summed E-state index contributed by atoms with van der Waals surface area (Å²) in [6.45, 7) is 4.44. The maximum atomic E-state index is 11.8. The van der Waals surface area contributed by atoms with E-state index in [1.54, 1.807) is 6.92 Å². The zero-order valence-corrected chi connectivity index (χ0v) is 13.1. The largest absolute Gasteiger partial charge is 0.397 e. The van der Waals surface area contributed by atoms with Gasteiger partial charge in [-0.1, -0.05) is 6.92 Å². The van der Waals surface area contributed by atoms with Gasteiger partial charge in [-0.3, -0.25) is 9.59 Å². The van der Waals surface area contributed by atoms with Crippen LogP contribution in [0.15, 0.2) is 0 Å². The van der Waals surface area contributed by atoms with E-state index in [0.717, 1.165) is 0 Å². The van der Waals surface area contributed by atoms with Crippen LogP contribution >= 0.6 is 11.3 Å². The lowest BCUT2D eigenvalue weighted by molar-refractivity contribution is 0.0991. The van der Waals surface area contributed by atoms with Gasteiger partial charge in [0.25, 0.3) is 5.91 Å². The molecule has 0 bridgehead atoms. The maximum Gasteiger partial charge on any atom is 0.253 e. The Morgan fingerprint density at radius 3 is 2.45 bits per heavy atom. The lowest BCUT2D eigenvalue weighted by atomic mass is 10.1. The third-order valence-electron chi connectivity index (χ3n) is 3.21. The second kappa shape index (κ2) is 6.71. The molecule has 1 aromatic heterocycles. The molecule has 0 saturated heterocycles. The minimum Gasteiger partial charge on any atom is -0.397 e. The first kappa shape index (κ1) is 16.5. The highest BCUT2D eigenvalue weighted by atomic mass is 32.1. The molecular formula is C13H22N4O2S. The highest BCUT2D eigenvalue weighted by molar-refractivity contribution is 7.19. The summed E-state index contributed by atoms with van der Waals surface area (Å²) in [5, 5.41) is 3.73. The second-order valence-electron chi connectivity index (χ2n) is 4.88. The Hall–Kier alpha value is -1.60. The first-order valence-corrected chi connectivity index (χ1v) is 7.26. The van der Waals surface area contributed by atoms with Gasteiger partial charge in [-0.25, -0.2) is 0 Å². The van der Waals surface area contributed by atoms with E-state index in [1.165, 1.54) is 11.3 Å². The van der Waals surface area contributed by atoms with Crippen molar-refractivity contribution in [3.8, 4) is 0 Å². The van der Waals surface area contributed by atoms with E-state index in [2.05, 4.69) is 5.32 Å². The number of likely N-dealkylation sites (N-methyl/N-ethyl adjacent to an activating group) is 1. The molecule has 1 atom stereocenters. The van der Waals surface area contributed by atoms with Crippen molar-refractivity contribution in [2.45, 2.75) is 26.3 Å². The molecule has 0 aliphatic carbocycles. The van der Waals surface area contributed by atoms with Gasteiger partial charge in [0.15, 0.2) is 5.78 Å². The number of primary amides is 1. The third-order valence-corrected chi connectivity index (χ3v) is 4.41. The average molecular weight is 298 g/mol. The first-order chi connectivity index (χ1) is 9.29. The molecule has 0 saturated carbocycles. The summed E-state index contributed by atoms with van der Waals surface area (Å²) < 4.78 is 0. The summed E-state index contributed by atoms with van der Waals surface area (Å²) in [6, 6.07) is 0.268. The smallest absolute Gasteiger partial charge is 0.253 e.